The minimum absolute atomic E-state index is 0.231. The number of hydrogen-bond donors (Lipinski definition) is 3. The maximum Gasteiger partial charge on any atom is 0.329 e. The Bertz CT molecular complexity index is 1320. The number of hydrogen-bond acceptors (Lipinski definition) is 4. The second kappa shape index (κ2) is 8.36. The molecule has 0 fully saturated rings. The van der Waals surface area contributed by atoms with Gasteiger partial charge in [-0.2, -0.15) is 0 Å². The fraction of sp³-hybridized carbons (Fsp3) is 0.120. The Labute approximate surface area is 179 Å². The topological polar surface area (TPSA) is 82.8 Å². The summed E-state index contributed by atoms with van der Waals surface area (Å²) >= 11 is 0. The lowest BCUT2D eigenvalue weighted by Gasteiger charge is -2.18. The van der Waals surface area contributed by atoms with E-state index in [4.69, 9.17) is 4.74 Å². The summed E-state index contributed by atoms with van der Waals surface area (Å²) in [5.41, 5.74) is 3.81. The summed E-state index contributed by atoms with van der Waals surface area (Å²) in [4.78, 5) is 24.0. The van der Waals surface area contributed by atoms with E-state index in [1.165, 1.54) is 0 Å². The lowest BCUT2D eigenvalue weighted by Crippen LogP contribution is -2.33. The van der Waals surface area contributed by atoms with E-state index in [0.29, 0.717) is 12.2 Å². The predicted octanol–water partition coefficient (Wildman–Crippen LogP) is 4.81. The summed E-state index contributed by atoms with van der Waals surface area (Å²) < 4.78 is 5.65. The summed E-state index contributed by atoms with van der Waals surface area (Å²) in [7, 11) is 0. The second-order valence-corrected chi connectivity index (χ2v) is 7.47. The fourth-order valence-corrected chi connectivity index (χ4v) is 3.73. The van der Waals surface area contributed by atoms with Crippen molar-refractivity contribution in [1.29, 1.82) is 0 Å². The van der Waals surface area contributed by atoms with Gasteiger partial charge in [0.25, 0.3) is 0 Å². The van der Waals surface area contributed by atoms with Crippen LogP contribution >= 0.6 is 0 Å². The summed E-state index contributed by atoms with van der Waals surface area (Å²) in [6, 6.07) is 23.0. The number of aromatic nitrogens is 3. The van der Waals surface area contributed by atoms with E-state index in [2.05, 4.69) is 26.3 Å². The molecule has 5 rings (SSSR count). The van der Waals surface area contributed by atoms with Crippen LogP contribution in [0.3, 0.4) is 0 Å². The van der Waals surface area contributed by atoms with Gasteiger partial charge in [0.05, 0.1) is 0 Å². The number of aromatic amines is 2. The molecule has 6 heteroatoms. The minimum atomic E-state index is -0.581. The number of nitrogens with zero attached hydrogens (tertiary/aromatic N) is 1. The highest BCUT2D eigenvalue weighted by Gasteiger charge is 2.23. The van der Waals surface area contributed by atoms with Crippen LogP contribution < -0.4 is 5.32 Å². The van der Waals surface area contributed by atoms with Gasteiger partial charge in [-0.1, -0.05) is 48.5 Å². The van der Waals surface area contributed by atoms with Crippen molar-refractivity contribution >= 4 is 33.7 Å². The van der Waals surface area contributed by atoms with E-state index in [0.717, 1.165) is 33.1 Å². The molecule has 0 aliphatic carbocycles. The Morgan fingerprint density at radius 3 is 2.71 bits per heavy atom. The monoisotopic (exact) mass is 410 g/mol. The number of rotatable bonds is 7. The molecule has 3 heterocycles. The van der Waals surface area contributed by atoms with Crippen LogP contribution in [0.1, 0.15) is 11.1 Å². The quantitative estimate of drug-likeness (QED) is 0.336. The van der Waals surface area contributed by atoms with Crippen molar-refractivity contribution in [3.05, 3.63) is 96.3 Å². The summed E-state index contributed by atoms with van der Waals surface area (Å²) in [6.07, 6.45) is 4.27. The highest BCUT2D eigenvalue weighted by molar-refractivity contribution is 5.86. The molecule has 0 saturated heterocycles. The highest BCUT2D eigenvalue weighted by Crippen LogP contribution is 2.21. The third-order valence-corrected chi connectivity index (χ3v) is 5.34. The number of H-pyrrole nitrogens is 2. The zero-order chi connectivity index (χ0) is 21.0. The normalized spacial score (nSPS) is 12.1. The smallest absolute Gasteiger partial charge is 0.329 e. The number of carbonyl (C=O) groups excluding carboxylic acids is 1. The maximum absolute atomic E-state index is 13.1. The second-order valence-electron chi connectivity index (χ2n) is 7.47. The van der Waals surface area contributed by atoms with Gasteiger partial charge in [0.1, 0.15) is 24.1 Å². The van der Waals surface area contributed by atoms with E-state index in [9.17, 15) is 4.79 Å². The fourth-order valence-electron chi connectivity index (χ4n) is 3.73. The lowest BCUT2D eigenvalue weighted by atomic mass is 10.0. The molecule has 0 aliphatic heterocycles. The van der Waals surface area contributed by atoms with Crippen LogP contribution in [-0.4, -0.2) is 27.0 Å². The van der Waals surface area contributed by atoms with Gasteiger partial charge in [0.15, 0.2) is 0 Å². The first-order valence-corrected chi connectivity index (χ1v) is 10.2. The number of para-hydroxylation sites is 1. The molecule has 0 amide bonds. The molecule has 0 bridgehead atoms. The van der Waals surface area contributed by atoms with Crippen LogP contribution in [0, 0.1) is 0 Å². The van der Waals surface area contributed by atoms with Crippen LogP contribution in [0.15, 0.2) is 85.2 Å². The van der Waals surface area contributed by atoms with Gasteiger partial charge in [0, 0.05) is 35.1 Å². The van der Waals surface area contributed by atoms with E-state index < -0.39 is 6.04 Å². The van der Waals surface area contributed by atoms with Crippen LogP contribution in [-0.2, 0) is 22.6 Å². The minimum Gasteiger partial charge on any atom is -0.459 e. The maximum atomic E-state index is 13.1. The number of pyridine rings is 1. The van der Waals surface area contributed by atoms with Crippen molar-refractivity contribution in [2.24, 2.45) is 0 Å². The van der Waals surface area contributed by atoms with Crippen molar-refractivity contribution in [2.45, 2.75) is 19.1 Å². The molecular formula is C25H22N4O2. The average Bonchev–Trinajstić information content (AvgIpc) is 3.44. The van der Waals surface area contributed by atoms with Crippen molar-refractivity contribution < 1.29 is 9.53 Å². The molecule has 0 unspecified atom stereocenters. The summed E-state index contributed by atoms with van der Waals surface area (Å²) in [5, 5.41) is 5.39. The van der Waals surface area contributed by atoms with Crippen LogP contribution in [0.4, 0.5) is 5.82 Å². The average molecular weight is 410 g/mol. The van der Waals surface area contributed by atoms with Gasteiger partial charge < -0.3 is 20.0 Å². The van der Waals surface area contributed by atoms with Gasteiger partial charge in [-0.15, -0.1) is 0 Å². The molecule has 2 aromatic carbocycles. The first-order valence-electron chi connectivity index (χ1n) is 10.2. The number of carbonyl (C=O) groups is 1. The summed E-state index contributed by atoms with van der Waals surface area (Å²) in [5.74, 6) is 0.305. The first kappa shape index (κ1) is 18.9. The molecule has 5 aromatic rings. The molecule has 31 heavy (non-hydrogen) atoms. The number of nitrogens with one attached hydrogen (secondary N) is 3. The Kier molecular flexibility index (Phi) is 5.10. The number of esters is 1. The lowest BCUT2D eigenvalue weighted by molar-refractivity contribution is -0.145. The molecule has 0 aliphatic rings. The van der Waals surface area contributed by atoms with Gasteiger partial charge in [-0.3, -0.25) is 0 Å². The number of anilines is 1. The van der Waals surface area contributed by atoms with Crippen molar-refractivity contribution in [3.8, 4) is 0 Å². The predicted molar refractivity (Wildman–Crippen MR) is 122 cm³/mol. The van der Waals surface area contributed by atoms with Gasteiger partial charge >= 0.3 is 5.97 Å². The van der Waals surface area contributed by atoms with Crippen molar-refractivity contribution in [2.75, 3.05) is 5.32 Å². The molecule has 0 saturated carbocycles. The number of fused-ring (bicyclic) bond motifs is 2. The third-order valence-electron chi connectivity index (χ3n) is 5.34. The molecular weight excluding hydrogens is 388 g/mol. The molecule has 3 N–H and O–H groups in total. The molecule has 3 aromatic heterocycles. The van der Waals surface area contributed by atoms with E-state index in [1.54, 1.807) is 0 Å². The highest BCUT2D eigenvalue weighted by atomic mass is 16.5. The van der Waals surface area contributed by atoms with Crippen molar-refractivity contribution in [3.63, 3.8) is 0 Å². The first-order chi connectivity index (χ1) is 15.3. The molecule has 0 radical (unpaired) electrons. The Balaban J connectivity index is 1.40. The van der Waals surface area contributed by atoms with Gasteiger partial charge in [-0.25, -0.2) is 9.78 Å². The van der Waals surface area contributed by atoms with Gasteiger partial charge in [0.2, 0.25) is 0 Å². The Hall–Kier alpha value is -4.06. The molecule has 6 nitrogen and oxygen atoms in total. The van der Waals surface area contributed by atoms with Gasteiger partial charge in [-0.05, 0) is 35.4 Å². The molecule has 1 atom stereocenters. The standard InChI is InChI=1S/C25H22N4O2/c30-25(31-16-17-6-2-1-3-7-17)22(14-19-15-27-21-9-5-4-8-20(19)21)28-23-11-10-18-12-13-26-24(18)29-23/h1-13,15,22,27H,14,16H2,(H2,26,28,29)/t22-/m1/s1. The van der Waals surface area contributed by atoms with E-state index in [-0.39, 0.29) is 12.6 Å². The van der Waals surface area contributed by atoms with Crippen molar-refractivity contribution in [1.82, 2.24) is 15.0 Å². The van der Waals surface area contributed by atoms with E-state index in [1.807, 2.05) is 79.1 Å². The Morgan fingerprint density at radius 2 is 1.81 bits per heavy atom. The summed E-state index contributed by atoms with van der Waals surface area (Å²) in [6.45, 7) is 0.231. The molecule has 0 spiro atoms. The zero-order valence-electron chi connectivity index (χ0n) is 16.8. The van der Waals surface area contributed by atoms with Crippen LogP contribution in [0.2, 0.25) is 0 Å². The number of benzene rings is 2. The van der Waals surface area contributed by atoms with Crippen LogP contribution in [0.5, 0.6) is 0 Å². The third kappa shape index (κ3) is 4.14. The largest absolute Gasteiger partial charge is 0.459 e. The van der Waals surface area contributed by atoms with Crippen LogP contribution in [0.25, 0.3) is 21.9 Å². The van der Waals surface area contributed by atoms with E-state index >= 15 is 0 Å². The SMILES string of the molecule is O=C(OCc1ccccc1)[C@@H](Cc1c[nH]c2ccccc12)Nc1ccc2cc[nH]c2n1. The Morgan fingerprint density at radius 1 is 0.968 bits per heavy atom. The number of ether oxygens (including phenoxy) is 1. The molecule has 154 valence electrons. The zero-order valence-corrected chi connectivity index (χ0v) is 16.8.